The average molecular weight is 272 g/mol. The first kappa shape index (κ1) is 17.6. The summed E-state index contributed by atoms with van der Waals surface area (Å²) in [5, 5.41) is 18.1. The molecule has 0 aliphatic rings. The molecule has 0 rings (SSSR count). The fraction of sp³-hybridized carbons (Fsp3) is 0.714. The zero-order valence-corrected chi connectivity index (χ0v) is 12.0. The number of esters is 1. The van der Waals surface area contributed by atoms with Crippen molar-refractivity contribution < 1.29 is 24.5 Å². The van der Waals surface area contributed by atoms with Crippen LogP contribution in [-0.2, 0) is 14.3 Å². The van der Waals surface area contributed by atoms with E-state index in [9.17, 15) is 9.59 Å². The van der Waals surface area contributed by atoms with Crippen molar-refractivity contribution in [3.63, 3.8) is 0 Å². The Morgan fingerprint density at radius 1 is 1.37 bits per heavy atom. The number of aliphatic carboxylic acids is 1. The highest BCUT2D eigenvalue weighted by Crippen LogP contribution is 2.21. The van der Waals surface area contributed by atoms with E-state index in [0.29, 0.717) is 6.42 Å². The molecule has 0 fully saturated rings. The summed E-state index contributed by atoms with van der Waals surface area (Å²) in [7, 11) is 0. The highest BCUT2D eigenvalue weighted by Gasteiger charge is 2.31. The zero-order valence-electron chi connectivity index (χ0n) is 12.0. The summed E-state index contributed by atoms with van der Waals surface area (Å²) in [6.07, 6.45) is 3.86. The second-order valence-electron chi connectivity index (χ2n) is 5.47. The van der Waals surface area contributed by atoms with Crippen molar-refractivity contribution in [3.8, 4) is 0 Å². The number of carbonyl (C=O) groups is 2. The minimum Gasteiger partial charge on any atom is -0.481 e. The van der Waals surface area contributed by atoms with E-state index >= 15 is 0 Å². The van der Waals surface area contributed by atoms with Gasteiger partial charge in [-0.25, -0.2) is 0 Å². The minimum absolute atomic E-state index is 0.0704. The smallest absolute Gasteiger partial charge is 0.310 e. The Morgan fingerprint density at radius 2 is 1.95 bits per heavy atom. The average Bonchev–Trinajstić information content (AvgIpc) is 2.36. The SMILES string of the molecule is CC=CCC(C(=O)OCC(C)(C)CO)C(C)C(=O)O. The molecular formula is C14H24O5. The molecule has 0 aromatic heterocycles. The maximum atomic E-state index is 12.0. The van der Waals surface area contributed by atoms with Crippen molar-refractivity contribution in [1.29, 1.82) is 0 Å². The number of allylic oxidation sites excluding steroid dienone is 2. The van der Waals surface area contributed by atoms with Crippen LogP contribution in [0, 0.1) is 17.3 Å². The Balaban J connectivity index is 4.68. The fourth-order valence-corrected chi connectivity index (χ4v) is 1.38. The van der Waals surface area contributed by atoms with Gasteiger partial charge in [-0.15, -0.1) is 0 Å². The molecule has 0 heterocycles. The molecule has 2 atom stereocenters. The Hall–Kier alpha value is -1.36. The molecule has 5 nitrogen and oxygen atoms in total. The number of hydrogen-bond donors (Lipinski definition) is 2. The predicted molar refractivity (Wildman–Crippen MR) is 71.5 cm³/mol. The number of carboxylic acids is 1. The Kier molecular flexibility index (Phi) is 7.37. The largest absolute Gasteiger partial charge is 0.481 e. The van der Waals surface area contributed by atoms with Crippen LogP contribution in [0.5, 0.6) is 0 Å². The Bertz CT molecular complexity index is 333. The molecule has 0 aromatic carbocycles. The molecular weight excluding hydrogens is 248 g/mol. The standard InChI is InChI=1S/C14H24O5/c1-5-6-7-11(10(2)12(16)17)13(18)19-9-14(3,4)8-15/h5-6,10-11,15H,7-9H2,1-4H3,(H,16,17). The van der Waals surface area contributed by atoms with E-state index < -0.39 is 29.2 Å². The van der Waals surface area contributed by atoms with Crippen LogP contribution in [0.3, 0.4) is 0 Å². The molecule has 0 saturated heterocycles. The molecule has 0 saturated carbocycles. The van der Waals surface area contributed by atoms with Gasteiger partial charge in [-0.1, -0.05) is 32.9 Å². The van der Waals surface area contributed by atoms with E-state index in [4.69, 9.17) is 14.9 Å². The fourth-order valence-electron chi connectivity index (χ4n) is 1.38. The summed E-state index contributed by atoms with van der Waals surface area (Å²) in [4.78, 5) is 23.0. The van der Waals surface area contributed by atoms with Crippen molar-refractivity contribution in [3.05, 3.63) is 12.2 Å². The van der Waals surface area contributed by atoms with E-state index in [1.54, 1.807) is 26.0 Å². The lowest BCUT2D eigenvalue weighted by Crippen LogP contribution is -2.32. The third-order valence-electron chi connectivity index (χ3n) is 2.95. The first-order valence-corrected chi connectivity index (χ1v) is 6.36. The molecule has 2 unspecified atom stereocenters. The molecule has 5 heteroatoms. The van der Waals surface area contributed by atoms with E-state index in [-0.39, 0.29) is 13.2 Å². The van der Waals surface area contributed by atoms with Gasteiger partial charge in [-0.2, -0.15) is 0 Å². The van der Waals surface area contributed by atoms with Crippen LogP contribution in [0.4, 0.5) is 0 Å². The van der Waals surface area contributed by atoms with E-state index in [1.807, 2.05) is 6.92 Å². The van der Waals surface area contributed by atoms with Crippen LogP contribution >= 0.6 is 0 Å². The lowest BCUT2D eigenvalue weighted by molar-refractivity contribution is -0.159. The lowest BCUT2D eigenvalue weighted by atomic mass is 9.90. The topological polar surface area (TPSA) is 83.8 Å². The van der Waals surface area contributed by atoms with Gasteiger partial charge in [0.2, 0.25) is 0 Å². The molecule has 0 radical (unpaired) electrons. The molecule has 2 N–H and O–H groups in total. The third kappa shape index (κ3) is 6.38. The van der Waals surface area contributed by atoms with Gasteiger partial charge in [0.25, 0.3) is 0 Å². The van der Waals surface area contributed by atoms with Crippen molar-refractivity contribution >= 4 is 11.9 Å². The molecule has 0 aromatic rings. The van der Waals surface area contributed by atoms with Gasteiger partial charge in [0.05, 0.1) is 25.0 Å². The van der Waals surface area contributed by atoms with Crippen LogP contribution in [-0.4, -0.2) is 35.4 Å². The molecule has 0 bridgehead atoms. The normalized spacial score (nSPS) is 15.2. The minimum atomic E-state index is -1.02. The van der Waals surface area contributed by atoms with Crippen molar-refractivity contribution in [1.82, 2.24) is 0 Å². The van der Waals surface area contributed by atoms with Gasteiger partial charge in [0.1, 0.15) is 0 Å². The zero-order chi connectivity index (χ0) is 15.1. The van der Waals surface area contributed by atoms with Gasteiger partial charge in [-0.3, -0.25) is 9.59 Å². The quantitative estimate of drug-likeness (QED) is 0.520. The second kappa shape index (κ2) is 7.94. The van der Waals surface area contributed by atoms with E-state index in [2.05, 4.69) is 0 Å². The summed E-state index contributed by atoms with van der Waals surface area (Å²) >= 11 is 0. The first-order valence-electron chi connectivity index (χ1n) is 6.36. The van der Waals surface area contributed by atoms with Gasteiger partial charge in [0.15, 0.2) is 0 Å². The highest BCUT2D eigenvalue weighted by atomic mass is 16.5. The number of hydrogen-bond acceptors (Lipinski definition) is 4. The number of aliphatic hydroxyl groups excluding tert-OH is 1. The summed E-state index contributed by atoms with van der Waals surface area (Å²) in [5.74, 6) is -3.06. The van der Waals surface area contributed by atoms with Crippen LogP contribution in [0.1, 0.15) is 34.1 Å². The van der Waals surface area contributed by atoms with E-state index in [1.165, 1.54) is 6.92 Å². The van der Waals surface area contributed by atoms with Gasteiger partial charge in [-0.05, 0) is 13.3 Å². The van der Waals surface area contributed by atoms with Crippen LogP contribution in [0.15, 0.2) is 12.2 Å². The second-order valence-corrected chi connectivity index (χ2v) is 5.47. The molecule has 110 valence electrons. The third-order valence-corrected chi connectivity index (χ3v) is 2.95. The number of carbonyl (C=O) groups excluding carboxylic acids is 1. The number of aliphatic hydroxyl groups is 1. The van der Waals surface area contributed by atoms with E-state index in [0.717, 1.165) is 0 Å². The van der Waals surface area contributed by atoms with Crippen molar-refractivity contribution in [2.24, 2.45) is 17.3 Å². The van der Waals surface area contributed by atoms with Crippen LogP contribution < -0.4 is 0 Å². The first-order chi connectivity index (χ1) is 8.75. The molecule has 0 amide bonds. The molecule has 0 aliphatic heterocycles. The Labute approximate surface area is 114 Å². The lowest BCUT2D eigenvalue weighted by Gasteiger charge is -2.24. The maximum Gasteiger partial charge on any atom is 0.310 e. The van der Waals surface area contributed by atoms with Crippen molar-refractivity contribution in [2.45, 2.75) is 34.1 Å². The van der Waals surface area contributed by atoms with Crippen molar-refractivity contribution in [2.75, 3.05) is 13.2 Å². The Morgan fingerprint density at radius 3 is 2.37 bits per heavy atom. The van der Waals surface area contributed by atoms with Crippen LogP contribution in [0.25, 0.3) is 0 Å². The number of rotatable bonds is 8. The summed E-state index contributed by atoms with van der Waals surface area (Å²) in [6, 6.07) is 0. The predicted octanol–water partition coefficient (Wildman–Crippen LogP) is 1.85. The number of carboxylic acid groups (broad SMARTS) is 1. The summed E-state index contributed by atoms with van der Waals surface area (Å²) in [6.45, 7) is 6.80. The molecule has 19 heavy (non-hydrogen) atoms. The van der Waals surface area contributed by atoms with Crippen LogP contribution in [0.2, 0.25) is 0 Å². The van der Waals surface area contributed by atoms with Gasteiger partial charge >= 0.3 is 11.9 Å². The van der Waals surface area contributed by atoms with Gasteiger partial charge in [0, 0.05) is 5.41 Å². The summed E-state index contributed by atoms with van der Waals surface area (Å²) in [5.41, 5.74) is -0.521. The summed E-state index contributed by atoms with van der Waals surface area (Å²) < 4.78 is 5.13. The van der Waals surface area contributed by atoms with Gasteiger partial charge < -0.3 is 14.9 Å². The monoisotopic (exact) mass is 272 g/mol. The highest BCUT2D eigenvalue weighted by molar-refractivity contribution is 5.81. The molecule has 0 aliphatic carbocycles. The number of ether oxygens (including phenoxy) is 1. The molecule has 0 spiro atoms. The maximum absolute atomic E-state index is 12.0.